The van der Waals surface area contributed by atoms with E-state index >= 15 is 0 Å². The molecule has 9 nitrogen and oxygen atoms in total. The number of nitrogens with zero attached hydrogens (tertiary/aromatic N) is 3. The van der Waals surface area contributed by atoms with E-state index in [9.17, 15) is 30.3 Å². The topological polar surface area (TPSA) is 129 Å². The summed E-state index contributed by atoms with van der Waals surface area (Å²) in [5.74, 6) is -3.55. The molecule has 1 rings (SSSR count). The molecule has 0 saturated heterocycles. The molecule has 0 fully saturated rings. The van der Waals surface area contributed by atoms with Gasteiger partial charge in [-0.1, -0.05) is 31.5 Å². The SMILES string of the molecule is CCCCc1ccccc1C([N+](=O)[O-])([N+](=O)[O-])[N+](=O)[O-]. The first kappa shape index (κ1) is 15.5. The molecular formula is C11H13N3O6. The summed E-state index contributed by atoms with van der Waals surface area (Å²) in [5.41, 5.74) is -0.243. The Balaban J connectivity index is 3.53. The van der Waals surface area contributed by atoms with Crippen molar-refractivity contribution in [2.75, 3.05) is 0 Å². The second-order valence-corrected chi connectivity index (χ2v) is 4.17. The van der Waals surface area contributed by atoms with E-state index in [0.29, 0.717) is 12.8 Å². The van der Waals surface area contributed by atoms with Gasteiger partial charge in [0.2, 0.25) is 0 Å². The molecule has 0 spiro atoms. The van der Waals surface area contributed by atoms with Crippen LogP contribution in [0.5, 0.6) is 0 Å². The summed E-state index contributed by atoms with van der Waals surface area (Å²) < 4.78 is 0. The zero-order chi connectivity index (χ0) is 15.3. The first-order valence-corrected chi connectivity index (χ1v) is 5.90. The van der Waals surface area contributed by atoms with Gasteiger partial charge in [-0.15, -0.1) is 0 Å². The fourth-order valence-electron chi connectivity index (χ4n) is 1.93. The number of hydrogen-bond acceptors (Lipinski definition) is 6. The number of unbranched alkanes of at least 4 members (excludes halogenated alkanes) is 1. The molecule has 0 N–H and O–H groups in total. The van der Waals surface area contributed by atoms with Gasteiger partial charge in [0.05, 0.1) is 0 Å². The maximum atomic E-state index is 11.1. The van der Waals surface area contributed by atoms with Crippen molar-refractivity contribution >= 4 is 0 Å². The Bertz CT molecular complexity index is 509. The predicted octanol–water partition coefficient (Wildman–Crippen LogP) is 1.97. The van der Waals surface area contributed by atoms with Gasteiger partial charge in [0.15, 0.2) is 20.3 Å². The molecule has 0 aromatic heterocycles. The largest absolute Gasteiger partial charge is 0.728 e. The summed E-state index contributed by atoms with van der Waals surface area (Å²) in [6.07, 6.45) is 1.70. The Morgan fingerprint density at radius 2 is 1.50 bits per heavy atom. The van der Waals surface area contributed by atoms with E-state index in [1.807, 2.05) is 6.92 Å². The molecule has 0 aliphatic carbocycles. The second-order valence-electron chi connectivity index (χ2n) is 4.17. The maximum absolute atomic E-state index is 11.1. The lowest BCUT2D eigenvalue weighted by atomic mass is 9.97. The monoisotopic (exact) mass is 283 g/mol. The zero-order valence-electron chi connectivity index (χ0n) is 10.7. The average Bonchev–Trinajstić information content (AvgIpc) is 2.37. The molecule has 0 amide bonds. The smallest absolute Gasteiger partial charge is 0.252 e. The molecule has 0 radical (unpaired) electrons. The molecule has 20 heavy (non-hydrogen) atoms. The summed E-state index contributed by atoms with van der Waals surface area (Å²) in [7, 11) is 0. The van der Waals surface area contributed by atoms with Crippen molar-refractivity contribution in [3.63, 3.8) is 0 Å². The molecule has 0 heterocycles. The van der Waals surface area contributed by atoms with Crippen molar-refractivity contribution in [3.05, 3.63) is 65.7 Å². The van der Waals surface area contributed by atoms with Gasteiger partial charge in [-0.05, 0) is 24.5 Å². The quantitative estimate of drug-likeness (QED) is 0.427. The number of rotatable bonds is 7. The highest BCUT2D eigenvalue weighted by molar-refractivity contribution is 5.29. The Labute approximate surface area is 113 Å². The van der Waals surface area contributed by atoms with Gasteiger partial charge in [0.1, 0.15) is 0 Å². The summed E-state index contributed by atoms with van der Waals surface area (Å²) >= 11 is 0. The van der Waals surface area contributed by atoms with Gasteiger partial charge >= 0.3 is 5.79 Å². The van der Waals surface area contributed by atoms with Gasteiger partial charge in [-0.2, -0.15) is 0 Å². The standard InChI is InChI=1S/C11H13N3O6/c1-2-3-6-9-7-4-5-8-10(9)11(12(15)16,13(17)18)14(19)20/h4-5,7-8H,2-3,6H2,1H3. The van der Waals surface area contributed by atoms with Crippen LogP contribution in [0.2, 0.25) is 0 Å². The molecule has 1 aromatic rings. The van der Waals surface area contributed by atoms with E-state index in [2.05, 4.69) is 0 Å². The highest BCUT2D eigenvalue weighted by Gasteiger charge is 2.73. The van der Waals surface area contributed by atoms with Crippen molar-refractivity contribution in [1.29, 1.82) is 0 Å². The minimum absolute atomic E-state index is 0.249. The van der Waals surface area contributed by atoms with Crippen LogP contribution < -0.4 is 0 Å². The summed E-state index contributed by atoms with van der Waals surface area (Å²) in [4.78, 5) is 28.8. The average molecular weight is 283 g/mol. The summed E-state index contributed by atoms with van der Waals surface area (Å²) in [6.45, 7) is 1.88. The lowest BCUT2D eigenvalue weighted by molar-refractivity contribution is -0.986. The maximum Gasteiger partial charge on any atom is 0.728 e. The van der Waals surface area contributed by atoms with E-state index in [-0.39, 0.29) is 5.56 Å². The highest BCUT2D eigenvalue weighted by atomic mass is 16.7. The zero-order valence-corrected chi connectivity index (χ0v) is 10.7. The van der Waals surface area contributed by atoms with Crippen LogP contribution in [-0.2, 0) is 12.2 Å². The number of aryl methyl sites for hydroxylation is 1. The lowest BCUT2D eigenvalue weighted by Crippen LogP contribution is -2.50. The predicted molar refractivity (Wildman–Crippen MR) is 67.7 cm³/mol. The van der Waals surface area contributed by atoms with E-state index in [1.165, 1.54) is 12.1 Å². The van der Waals surface area contributed by atoms with Crippen LogP contribution in [0, 0.1) is 30.3 Å². The van der Waals surface area contributed by atoms with Crippen LogP contribution >= 0.6 is 0 Å². The highest BCUT2D eigenvalue weighted by Crippen LogP contribution is 2.30. The molecule has 0 saturated carbocycles. The van der Waals surface area contributed by atoms with Gasteiger partial charge in [0, 0.05) is 0 Å². The van der Waals surface area contributed by atoms with Crippen molar-refractivity contribution in [2.24, 2.45) is 0 Å². The van der Waals surface area contributed by atoms with E-state index in [4.69, 9.17) is 0 Å². The molecule has 108 valence electrons. The first-order valence-electron chi connectivity index (χ1n) is 5.90. The van der Waals surface area contributed by atoms with Crippen LogP contribution in [0.15, 0.2) is 24.3 Å². The number of nitro groups is 3. The Hall–Kier alpha value is -2.58. The first-order chi connectivity index (χ1) is 9.38. The molecular weight excluding hydrogens is 270 g/mol. The van der Waals surface area contributed by atoms with Gasteiger partial charge in [-0.25, -0.2) is 0 Å². The third-order valence-corrected chi connectivity index (χ3v) is 2.94. The molecule has 0 unspecified atom stereocenters. The summed E-state index contributed by atoms with van der Waals surface area (Å²) in [6, 6.07) is 5.37. The molecule has 0 aliphatic heterocycles. The Kier molecular flexibility index (Phi) is 4.68. The van der Waals surface area contributed by atoms with Crippen molar-refractivity contribution in [1.82, 2.24) is 0 Å². The fraction of sp³-hybridized carbons (Fsp3) is 0.455. The van der Waals surface area contributed by atoms with E-state index in [1.54, 1.807) is 6.07 Å². The van der Waals surface area contributed by atoms with Crippen molar-refractivity contribution < 1.29 is 14.8 Å². The van der Waals surface area contributed by atoms with E-state index in [0.717, 1.165) is 12.5 Å². The fourth-order valence-corrected chi connectivity index (χ4v) is 1.93. The van der Waals surface area contributed by atoms with Crippen LogP contribution in [0.1, 0.15) is 30.9 Å². The van der Waals surface area contributed by atoms with Gasteiger partial charge in [-0.3, -0.25) is 30.3 Å². The molecule has 0 atom stereocenters. The normalized spacial score (nSPS) is 11.1. The summed E-state index contributed by atoms with van der Waals surface area (Å²) in [5, 5.41) is 33.2. The van der Waals surface area contributed by atoms with Crippen LogP contribution in [-0.4, -0.2) is 14.8 Å². The van der Waals surface area contributed by atoms with Crippen molar-refractivity contribution in [3.8, 4) is 0 Å². The third kappa shape index (κ3) is 2.42. The van der Waals surface area contributed by atoms with E-state index < -0.39 is 26.1 Å². The van der Waals surface area contributed by atoms with Crippen LogP contribution in [0.3, 0.4) is 0 Å². The molecule has 9 heteroatoms. The minimum Gasteiger partial charge on any atom is -0.252 e. The molecule has 0 bridgehead atoms. The number of benzene rings is 1. The van der Waals surface area contributed by atoms with Gasteiger partial charge in [0.25, 0.3) is 0 Å². The molecule has 0 aliphatic rings. The second kappa shape index (κ2) is 6.04. The molecule has 1 aromatic carbocycles. The van der Waals surface area contributed by atoms with Gasteiger partial charge < -0.3 is 0 Å². The number of hydrogen-bond donors (Lipinski definition) is 0. The van der Waals surface area contributed by atoms with Crippen LogP contribution in [0.25, 0.3) is 0 Å². The van der Waals surface area contributed by atoms with Crippen LogP contribution in [0.4, 0.5) is 0 Å². The Morgan fingerprint density at radius 3 is 1.95 bits per heavy atom. The van der Waals surface area contributed by atoms with Crippen molar-refractivity contribution in [2.45, 2.75) is 32.0 Å². The third-order valence-electron chi connectivity index (χ3n) is 2.94. The lowest BCUT2D eigenvalue weighted by Gasteiger charge is -2.12. The Morgan fingerprint density at radius 1 is 1.00 bits per heavy atom. The minimum atomic E-state index is -3.55.